The van der Waals surface area contributed by atoms with Crippen molar-refractivity contribution in [3.05, 3.63) is 0 Å². The van der Waals surface area contributed by atoms with Crippen LogP contribution in [0.1, 0.15) is 20.8 Å². The van der Waals surface area contributed by atoms with Gasteiger partial charge in [0.05, 0.1) is 6.04 Å². The molecule has 0 fully saturated rings. The molecule has 5 nitrogen and oxygen atoms in total. The zero-order valence-electron chi connectivity index (χ0n) is 8.07. The third-order valence-corrected chi connectivity index (χ3v) is 1.79. The van der Waals surface area contributed by atoms with Crippen molar-refractivity contribution in [1.82, 2.24) is 5.32 Å². The van der Waals surface area contributed by atoms with Crippen LogP contribution in [-0.2, 0) is 9.59 Å². The highest BCUT2D eigenvalue weighted by atomic mass is 16.4. The molecule has 0 aliphatic rings. The van der Waals surface area contributed by atoms with Gasteiger partial charge in [0.25, 0.3) is 0 Å². The Bertz CT molecular complexity index is 204. The Labute approximate surface area is 77.3 Å². The van der Waals surface area contributed by atoms with Crippen molar-refractivity contribution in [2.75, 3.05) is 0 Å². The Morgan fingerprint density at radius 2 is 1.77 bits per heavy atom. The average Bonchev–Trinajstić information content (AvgIpc) is 1.97. The number of hydrogen-bond donors (Lipinski definition) is 3. The molecule has 2 unspecified atom stereocenters. The van der Waals surface area contributed by atoms with Gasteiger partial charge in [-0.25, -0.2) is 0 Å². The molecule has 0 bridgehead atoms. The van der Waals surface area contributed by atoms with Crippen molar-refractivity contribution in [3.63, 3.8) is 0 Å². The minimum atomic E-state index is -0.969. The van der Waals surface area contributed by atoms with E-state index in [1.165, 1.54) is 0 Å². The Hall–Kier alpha value is -1.10. The second-order valence-corrected chi connectivity index (χ2v) is 3.35. The first-order chi connectivity index (χ1) is 5.86. The first kappa shape index (κ1) is 11.9. The summed E-state index contributed by atoms with van der Waals surface area (Å²) in [4.78, 5) is 21.3. The molecule has 0 saturated heterocycles. The summed E-state index contributed by atoms with van der Waals surface area (Å²) in [5.41, 5.74) is 4.99. The summed E-state index contributed by atoms with van der Waals surface area (Å²) in [5.74, 6) is -1.60. The molecule has 1 amide bonds. The summed E-state index contributed by atoms with van der Waals surface area (Å²) in [6.07, 6.45) is 0. The Balaban J connectivity index is 4.27. The first-order valence-electron chi connectivity index (χ1n) is 4.14. The van der Waals surface area contributed by atoms with E-state index in [4.69, 9.17) is 10.8 Å². The van der Waals surface area contributed by atoms with Gasteiger partial charge in [-0.2, -0.15) is 0 Å². The highest BCUT2D eigenvalue weighted by Crippen LogP contribution is 2.02. The lowest BCUT2D eigenvalue weighted by atomic mass is 10.0. The fourth-order valence-corrected chi connectivity index (χ4v) is 0.900. The molecule has 0 saturated carbocycles. The quantitative estimate of drug-likeness (QED) is 0.545. The third kappa shape index (κ3) is 3.89. The summed E-state index contributed by atoms with van der Waals surface area (Å²) in [6.45, 7) is 5.07. The van der Waals surface area contributed by atoms with Gasteiger partial charge in [-0.05, 0) is 12.8 Å². The minimum Gasteiger partial charge on any atom is -0.480 e. The minimum absolute atomic E-state index is 0.0840. The van der Waals surface area contributed by atoms with Gasteiger partial charge >= 0.3 is 5.97 Å². The van der Waals surface area contributed by atoms with Gasteiger partial charge in [-0.1, -0.05) is 13.8 Å². The Morgan fingerprint density at radius 3 is 2.00 bits per heavy atom. The molecule has 0 aromatic heterocycles. The van der Waals surface area contributed by atoms with Gasteiger partial charge < -0.3 is 10.8 Å². The molecule has 2 atom stereocenters. The molecule has 0 rings (SSSR count). The van der Waals surface area contributed by atoms with Crippen LogP contribution in [0.25, 0.3) is 0 Å². The molecule has 0 aliphatic heterocycles. The van der Waals surface area contributed by atoms with Gasteiger partial charge in [0.1, 0.15) is 6.04 Å². The number of rotatable bonds is 5. The number of carboxylic acids is 1. The maximum Gasteiger partial charge on any atom is 0.320 e. The molecular weight excluding hydrogens is 172 g/mol. The second kappa shape index (κ2) is 4.81. The van der Waals surface area contributed by atoms with E-state index in [0.29, 0.717) is 0 Å². The van der Waals surface area contributed by atoms with E-state index in [1.54, 1.807) is 20.8 Å². The maximum atomic E-state index is 10.7. The summed E-state index contributed by atoms with van der Waals surface area (Å²) >= 11 is 0. The van der Waals surface area contributed by atoms with Crippen LogP contribution in [-0.4, -0.2) is 29.1 Å². The van der Waals surface area contributed by atoms with E-state index < -0.39 is 24.0 Å². The predicted octanol–water partition coefficient (Wildman–Crippen LogP) is -0.441. The van der Waals surface area contributed by atoms with E-state index in [9.17, 15) is 9.59 Å². The van der Waals surface area contributed by atoms with Crippen LogP contribution in [0.2, 0.25) is 0 Å². The van der Waals surface area contributed by atoms with Gasteiger partial charge in [-0.15, -0.1) is 0 Å². The van der Waals surface area contributed by atoms with E-state index in [-0.39, 0.29) is 5.92 Å². The van der Waals surface area contributed by atoms with Crippen LogP contribution in [0, 0.1) is 5.92 Å². The highest BCUT2D eigenvalue weighted by Gasteiger charge is 2.24. The molecule has 0 aromatic carbocycles. The van der Waals surface area contributed by atoms with Crippen LogP contribution in [0.4, 0.5) is 0 Å². The summed E-state index contributed by atoms with van der Waals surface area (Å²) in [5, 5.41) is 11.4. The van der Waals surface area contributed by atoms with E-state index in [2.05, 4.69) is 5.32 Å². The SMILES string of the molecule is CC(NC(C(=O)O)C(C)C)C(N)=O. The zero-order valence-corrected chi connectivity index (χ0v) is 8.07. The number of amides is 1. The molecule has 13 heavy (non-hydrogen) atoms. The van der Waals surface area contributed by atoms with Crippen molar-refractivity contribution in [2.45, 2.75) is 32.9 Å². The normalized spacial score (nSPS) is 15.4. The molecule has 0 heterocycles. The number of primary amides is 1. The highest BCUT2D eigenvalue weighted by molar-refractivity contribution is 5.81. The van der Waals surface area contributed by atoms with E-state index >= 15 is 0 Å². The number of carboxylic acid groups (broad SMARTS) is 1. The molecule has 5 heteroatoms. The second-order valence-electron chi connectivity index (χ2n) is 3.35. The largest absolute Gasteiger partial charge is 0.480 e. The first-order valence-corrected chi connectivity index (χ1v) is 4.14. The number of carbonyl (C=O) groups excluding carboxylic acids is 1. The number of aliphatic carboxylic acids is 1. The Morgan fingerprint density at radius 1 is 1.31 bits per heavy atom. The van der Waals surface area contributed by atoms with Gasteiger partial charge in [0, 0.05) is 0 Å². The monoisotopic (exact) mass is 188 g/mol. The van der Waals surface area contributed by atoms with E-state index in [1.807, 2.05) is 0 Å². The number of nitrogens with two attached hydrogens (primary N) is 1. The van der Waals surface area contributed by atoms with Crippen LogP contribution >= 0.6 is 0 Å². The smallest absolute Gasteiger partial charge is 0.320 e. The fourth-order valence-electron chi connectivity index (χ4n) is 0.900. The molecule has 0 radical (unpaired) electrons. The predicted molar refractivity (Wildman–Crippen MR) is 48.1 cm³/mol. The summed E-state index contributed by atoms with van der Waals surface area (Å²) in [7, 11) is 0. The molecule has 76 valence electrons. The standard InChI is InChI=1S/C8H16N2O3/c1-4(2)6(8(12)13)10-5(3)7(9)11/h4-6,10H,1-3H3,(H2,9,11)(H,12,13). The summed E-state index contributed by atoms with van der Waals surface area (Å²) < 4.78 is 0. The number of carbonyl (C=O) groups is 2. The van der Waals surface area contributed by atoms with E-state index in [0.717, 1.165) is 0 Å². The zero-order chi connectivity index (χ0) is 10.6. The topological polar surface area (TPSA) is 92.4 Å². The summed E-state index contributed by atoms with van der Waals surface area (Å²) in [6, 6.07) is -1.36. The lowest BCUT2D eigenvalue weighted by Crippen LogP contribution is -2.50. The number of hydrogen-bond acceptors (Lipinski definition) is 3. The van der Waals surface area contributed by atoms with Gasteiger partial charge in [-0.3, -0.25) is 14.9 Å². The number of nitrogens with one attached hydrogen (secondary N) is 1. The van der Waals surface area contributed by atoms with Gasteiger partial charge in [0.15, 0.2) is 0 Å². The maximum absolute atomic E-state index is 10.7. The van der Waals surface area contributed by atoms with Crippen LogP contribution < -0.4 is 11.1 Å². The van der Waals surface area contributed by atoms with Crippen LogP contribution in [0.5, 0.6) is 0 Å². The molecular formula is C8H16N2O3. The van der Waals surface area contributed by atoms with Crippen LogP contribution in [0.15, 0.2) is 0 Å². The van der Waals surface area contributed by atoms with Crippen molar-refractivity contribution in [2.24, 2.45) is 11.7 Å². The lowest BCUT2D eigenvalue weighted by molar-refractivity contribution is -0.141. The fraction of sp³-hybridized carbons (Fsp3) is 0.750. The van der Waals surface area contributed by atoms with Crippen molar-refractivity contribution in [1.29, 1.82) is 0 Å². The molecule has 0 aromatic rings. The molecule has 0 spiro atoms. The van der Waals surface area contributed by atoms with Crippen molar-refractivity contribution < 1.29 is 14.7 Å². The molecule has 4 N–H and O–H groups in total. The van der Waals surface area contributed by atoms with Gasteiger partial charge in [0.2, 0.25) is 5.91 Å². The molecule has 0 aliphatic carbocycles. The van der Waals surface area contributed by atoms with Crippen molar-refractivity contribution >= 4 is 11.9 Å². The van der Waals surface area contributed by atoms with Crippen LogP contribution in [0.3, 0.4) is 0 Å². The average molecular weight is 188 g/mol. The lowest BCUT2D eigenvalue weighted by Gasteiger charge is -2.20. The van der Waals surface area contributed by atoms with Crippen molar-refractivity contribution in [3.8, 4) is 0 Å². The third-order valence-electron chi connectivity index (χ3n) is 1.79. The Kier molecular flexibility index (Phi) is 4.40.